The van der Waals surface area contributed by atoms with Crippen molar-refractivity contribution in [3.8, 4) is 11.5 Å². The molecule has 0 bridgehead atoms. The zero-order valence-electron chi connectivity index (χ0n) is 20.9. The summed E-state index contributed by atoms with van der Waals surface area (Å²) in [5.74, 6) is -0.642. The number of rotatable bonds is 11. The monoisotopic (exact) mass is 499 g/mol. The van der Waals surface area contributed by atoms with Crippen LogP contribution < -0.4 is 25.8 Å². The van der Waals surface area contributed by atoms with Crippen molar-refractivity contribution < 1.29 is 34.0 Å². The summed E-state index contributed by atoms with van der Waals surface area (Å²) in [4.78, 5) is 24.7. The number of methoxy groups -OCH3 is 1. The molecule has 2 atom stereocenters. The van der Waals surface area contributed by atoms with Crippen molar-refractivity contribution in [2.45, 2.75) is 38.8 Å². The van der Waals surface area contributed by atoms with Crippen LogP contribution in [0.2, 0.25) is 0 Å². The highest BCUT2D eigenvalue weighted by molar-refractivity contribution is 5.95. The number of benzene rings is 1. The molecule has 6 N–H and O–H groups in total. The smallest absolute Gasteiger partial charge is 0.339 e. The van der Waals surface area contributed by atoms with Crippen LogP contribution in [-0.4, -0.2) is 60.7 Å². The average Bonchev–Trinajstić information content (AvgIpc) is 2.85. The molecule has 1 aliphatic carbocycles. The van der Waals surface area contributed by atoms with Gasteiger partial charge in [0, 0.05) is 28.6 Å². The molecule has 1 aliphatic heterocycles. The van der Waals surface area contributed by atoms with Crippen molar-refractivity contribution in [1.29, 1.82) is 0 Å². The second-order valence-corrected chi connectivity index (χ2v) is 8.52. The summed E-state index contributed by atoms with van der Waals surface area (Å²) in [6.07, 6.45) is 6.02. The standard InChI is InChI=1S/C26H33N3O7/c1-5-26(10-6-7-18-22(26)23(27)21(25(32)33)16(3)29-18)36-14-15(2)28-24(31)17-8-9-19(35-12-11-30)20(13-17)34-4/h6-10,13,15,29-30H,5,11-12,14,27H2,1-4H3,(H,28,31)(H,32,33). The van der Waals surface area contributed by atoms with E-state index in [0.717, 1.165) is 0 Å². The van der Waals surface area contributed by atoms with Crippen LogP contribution in [0.3, 0.4) is 0 Å². The van der Waals surface area contributed by atoms with E-state index in [0.29, 0.717) is 40.5 Å². The van der Waals surface area contributed by atoms with Crippen LogP contribution in [0.15, 0.2) is 64.7 Å². The summed E-state index contributed by atoms with van der Waals surface area (Å²) in [5, 5.41) is 24.6. The number of nitrogens with two attached hydrogens (primary N) is 1. The second kappa shape index (κ2) is 11.3. The maximum atomic E-state index is 12.8. The van der Waals surface area contributed by atoms with Gasteiger partial charge in [0.05, 0.1) is 26.0 Å². The van der Waals surface area contributed by atoms with Gasteiger partial charge in [-0.15, -0.1) is 0 Å². The molecule has 10 heteroatoms. The lowest BCUT2D eigenvalue weighted by Crippen LogP contribution is -2.45. The summed E-state index contributed by atoms with van der Waals surface area (Å²) in [6.45, 7) is 5.52. The van der Waals surface area contributed by atoms with E-state index in [9.17, 15) is 14.7 Å². The fourth-order valence-corrected chi connectivity index (χ4v) is 4.26. The van der Waals surface area contributed by atoms with Crippen LogP contribution >= 0.6 is 0 Å². The molecule has 1 aromatic carbocycles. The van der Waals surface area contributed by atoms with Gasteiger partial charge >= 0.3 is 5.97 Å². The largest absolute Gasteiger partial charge is 0.493 e. The molecule has 0 saturated carbocycles. The van der Waals surface area contributed by atoms with Crippen molar-refractivity contribution in [2.75, 3.05) is 26.9 Å². The number of amides is 1. The second-order valence-electron chi connectivity index (χ2n) is 8.52. The molecule has 0 fully saturated rings. The Morgan fingerprint density at radius 1 is 1.28 bits per heavy atom. The molecule has 1 aromatic rings. The molecular formula is C26H33N3O7. The molecule has 0 radical (unpaired) electrons. The minimum atomic E-state index is -1.12. The number of ether oxygens (including phenoxy) is 3. The van der Waals surface area contributed by atoms with Crippen molar-refractivity contribution in [3.63, 3.8) is 0 Å². The Kier molecular flexibility index (Phi) is 8.44. The lowest BCUT2D eigenvalue weighted by molar-refractivity contribution is -0.132. The Morgan fingerprint density at radius 2 is 2.03 bits per heavy atom. The number of hydrogen-bond donors (Lipinski definition) is 5. The fraction of sp³-hybridized carbons (Fsp3) is 0.385. The fourth-order valence-electron chi connectivity index (χ4n) is 4.26. The van der Waals surface area contributed by atoms with Crippen molar-refractivity contribution >= 4 is 11.9 Å². The van der Waals surface area contributed by atoms with Gasteiger partial charge in [-0.2, -0.15) is 0 Å². The van der Waals surface area contributed by atoms with E-state index in [1.165, 1.54) is 7.11 Å². The van der Waals surface area contributed by atoms with E-state index in [4.69, 9.17) is 25.1 Å². The number of dihydropyridines is 1. The first-order valence-corrected chi connectivity index (χ1v) is 11.7. The first-order chi connectivity index (χ1) is 17.2. The van der Waals surface area contributed by atoms with Crippen LogP contribution in [0.4, 0.5) is 0 Å². The predicted molar refractivity (Wildman–Crippen MR) is 133 cm³/mol. The first kappa shape index (κ1) is 26.8. The number of aliphatic carboxylic acids is 1. The normalized spacial score (nSPS) is 19.8. The third-order valence-corrected chi connectivity index (χ3v) is 6.04. The van der Waals surface area contributed by atoms with Gasteiger partial charge in [-0.3, -0.25) is 4.79 Å². The SMILES string of the molecule is CCC1(OCC(C)NC(=O)c2ccc(OCCO)c(OC)c2)C=CC=C2NC(C)=C(C(=O)O)C(N)=C21. The van der Waals surface area contributed by atoms with Crippen LogP contribution in [0.25, 0.3) is 0 Å². The third kappa shape index (κ3) is 5.39. The number of carbonyl (C=O) groups excluding carboxylic acids is 1. The van der Waals surface area contributed by atoms with Gasteiger partial charge in [0.15, 0.2) is 11.5 Å². The minimum Gasteiger partial charge on any atom is -0.493 e. The number of carbonyl (C=O) groups is 2. The van der Waals surface area contributed by atoms with Crippen LogP contribution in [0.1, 0.15) is 37.6 Å². The van der Waals surface area contributed by atoms with Crippen LogP contribution in [0.5, 0.6) is 11.5 Å². The van der Waals surface area contributed by atoms with Gasteiger partial charge in [0.25, 0.3) is 5.91 Å². The van der Waals surface area contributed by atoms with E-state index >= 15 is 0 Å². The summed E-state index contributed by atoms with van der Waals surface area (Å²) >= 11 is 0. The maximum Gasteiger partial charge on any atom is 0.339 e. The van der Waals surface area contributed by atoms with E-state index in [2.05, 4.69) is 10.6 Å². The van der Waals surface area contributed by atoms with Crippen LogP contribution in [-0.2, 0) is 9.53 Å². The molecule has 2 unspecified atom stereocenters. The number of carboxylic acid groups (broad SMARTS) is 1. The summed E-state index contributed by atoms with van der Waals surface area (Å²) < 4.78 is 17.0. The van der Waals surface area contributed by atoms with Crippen molar-refractivity contribution in [3.05, 3.63) is 70.2 Å². The van der Waals surface area contributed by atoms with Gasteiger partial charge in [-0.1, -0.05) is 13.0 Å². The topological polar surface area (TPSA) is 152 Å². The minimum absolute atomic E-state index is 0.0144. The van der Waals surface area contributed by atoms with E-state index < -0.39 is 11.6 Å². The summed E-state index contributed by atoms with van der Waals surface area (Å²) in [7, 11) is 1.47. The van der Waals surface area contributed by atoms with Crippen molar-refractivity contribution in [2.24, 2.45) is 5.73 Å². The van der Waals surface area contributed by atoms with Crippen molar-refractivity contribution in [1.82, 2.24) is 10.6 Å². The quantitative estimate of drug-likeness (QED) is 0.308. The molecule has 1 amide bonds. The van der Waals surface area contributed by atoms with E-state index in [-0.39, 0.29) is 43.0 Å². The van der Waals surface area contributed by atoms with Gasteiger partial charge in [-0.25, -0.2) is 4.79 Å². The first-order valence-electron chi connectivity index (χ1n) is 11.7. The van der Waals surface area contributed by atoms with Gasteiger partial charge in [0.2, 0.25) is 0 Å². The Labute approximate surface area is 210 Å². The molecule has 3 rings (SSSR count). The third-order valence-electron chi connectivity index (χ3n) is 6.04. The van der Waals surface area contributed by atoms with E-state index in [1.807, 2.05) is 32.1 Å². The molecule has 0 aromatic heterocycles. The molecule has 36 heavy (non-hydrogen) atoms. The number of aliphatic hydroxyl groups is 1. The number of hydrogen-bond acceptors (Lipinski definition) is 8. The summed E-state index contributed by atoms with van der Waals surface area (Å²) in [5.41, 5.74) is 7.64. The zero-order valence-corrected chi connectivity index (χ0v) is 20.9. The molecule has 194 valence electrons. The summed E-state index contributed by atoms with van der Waals surface area (Å²) in [6, 6.07) is 4.40. The molecule has 1 heterocycles. The highest BCUT2D eigenvalue weighted by Crippen LogP contribution is 2.40. The number of aliphatic hydroxyl groups excluding tert-OH is 1. The van der Waals surface area contributed by atoms with Gasteiger partial charge in [-0.05, 0) is 50.6 Å². The Hall–Kier alpha value is -3.76. The molecule has 10 nitrogen and oxygen atoms in total. The van der Waals surface area contributed by atoms with E-state index in [1.54, 1.807) is 25.1 Å². The van der Waals surface area contributed by atoms with Crippen LogP contribution in [0, 0.1) is 0 Å². The number of allylic oxidation sites excluding steroid dienone is 3. The Bertz CT molecular complexity index is 1150. The maximum absolute atomic E-state index is 12.8. The predicted octanol–water partition coefficient (Wildman–Crippen LogP) is 1.98. The number of nitrogens with one attached hydrogen (secondary N) is 2. The number of fused-ring (bicyclic) bond motifs is 1. The lowest BCUT2D eigenvalue weighted by atomic mass is 9.80. The Balaban J connectivity index is 1.75. The highest BCUT2D eigenvalue weighted by atomic mass is 16.5. The van der Waals surface area contributed by atoms with Gasteiger partial charge < -0.3 is 40.8 Å². The Morgan fingerprint density at radius 3 is 2.67 bits per heavy atom. The molecule has 2 aliphatic rings. The lowest BCUT2D eigenvalue weighted by Gasteiger charge is -2.40. The average molecular weight is 500 g/mol. The zero-order chi connectivity index (χ0) is 26.5. The molecule has 0 saturated heterocycles. The van der Waals surface area contributed by atoms with Gasteiger partial charge in [0.1, 0.15) is 17.8 Å². The highest BCUT2D eigenvalue weighted by Gasteiger charge is 2.41. The molecule has 0 spiro atoms. The number of carboxylic acids is 1. The molecular weight excluding hydrogens is 466 g/mol.